The minimum absolute atomic E-state index is 0.108. The topological polar surface area (TPSA) is 105 Å². The van der Waals surface area contributed by atoms with Crippen molar-refractivity contribution in [3.8, 4) is 0 Å². The molecule has 26 heavy (non-hydrogen) atoms. The summed E-state index contributed by atoms with van der Waals surface area (Å²) in [6.07, 6.45) is 1.35. The lowest BCUT2D eigenvalue weighted by molar-refractivity contribution is -0.384. The first-order valence-corrected chi connectivity index (χ1v) is 9.80. The highest BCUT2D eigenvalue weighted by Crippen LogP contribution is 2.30. The van der Waals surface area contributed by atoms with Crippen LogP contribution >= 0.6 is 0 Å². The number of nitro benzene ring substituents is 1. The quantitative estimate of drug-likeness (QED) is 0.327. The highest BCUT2D eigenvalue weighted by molar-refractivity contribution is 7.89. The van der Waals surface area contributed by atoms with Gasteiger partial charge in [0.25, 0.3) is 5.69 Å². The largest absolute Gasteiger partial charge is 0.385 e. The lowest BCUT2D eigenvalue weighted by Gasteiger charge is -2.19. The molecular weight excluding hydrogens is 360 g/mol. The first-order chi connectivity index (χ1) is 12.2. The Morgan fingerprint density at radius 2 is 1.88 bits per heavy atom. The summed E-state index contributed by atoms with van der Waals surface area (Å²) in [5.41, 5.74) is 0.138. The van der Waals surface area contributed by atoms with E-state index in [1.165, 1.54) is 12.1 Å². The Kier molecular flexibility index (Phi) is 8.93. The van der Waals surface area contributed by atoms with Crippen LogP contribution in [0.3, 0.4) is 0 Å². The first-order valence-electron chi connectivity index (χ1n) is 8.32. The van der Waals surface area contributed by atoms with Crippen LogP contribution < -0.4 is 9.62 Å². The van der Waals surface area contributed by atoms with Crippen molar-refractivity contribution in [1.82, 2.24) is 9.62 Å². The Balaban J connectivity index is 2.94. The molecule has 148 valence electrons. The smallest absolute Gasteiger partial charge is 0.293 e. The second-order valence-corrected chi connectivity index (χ2v) is 8.00. The standard InChI is InChI=1S/C16H28N4O5S/c1-18(2)10-5-9-17-26(23,24)14-7-8-15(16(13-14)20(21)22)19(3)11-6-12-25-4/h7-8,13,17H,5-6,9-12H2,1-4H3. The van der Waals surface area contributed by atoms with Crippen molar-refractivity contribution >= 4 is 21.4 Å². The van der Waals surface area contributed by atoms with Crippen LogP contribution in [0.25, 0.3) is 0 Å². The highest BCUT2D eigenvalue weighted by Gasteiger charge is 2.23. The molecule has 1 aromatic carbocycles. The zero-order valence-electron chi connectivity index (χ0n) is 15.8. The lowest BCUT2D eigenvalue weighted by Crippen LogP contribution is -2.27. The van der Waals surface area contributed by atoms with Gasteiger partial charge in [-0.3, -0.25) is 10.1 Å². The zero-order chi connectivity index (χ0) is 19.7. The van der Waals surface area contributed by atoms with Crippen LogP contribution in [0.4, 0.5) is 11.4 Å². The van der Waals surface area contributed by atoms with E-state index >= 15 is 0 Å². The van der Waals surface area contributed by atoms with Crippen LogP contribution in [-0.4, -0.2) is 72.7 Å². The molecule has 0 aromatic heterocycles. The molecule has 10 heteroatoms. The molecule has 1 rings (SSSR count). The Morgan fingerprint density at radius 3 is 2.46 bits per heavy atom. The third-order valence-electron chi connectivity index (χ3n) is 3.78. The second kappa shape index (κ2) is 10.4. The molecule has 1 N–H and O–H groups in total. The molecule has 0 amide bonds. The Hall–Kier alpha value is -1.75. The molecule has 0 aliphatic rings. The molecule has 0 radical (unpaired) electrons. The van der Waals surface area contributed by atoms with E-state index in [1.807, 2.05) is 19.0 Å². The second-order valence-electron chi connectivity index (χ2n) is 6.23. The fraction of sp³-hybridized carbons (Fsp3) is 0.625. The van der Waals surface area contributed by atoms with E-state index in [0.29, 0.717) is 31.7 Å². The number of nitro groups is 1. The molecule has 9 nitrogen and oxygen atoms in total. The minimum Gasteiger partial charge on any atom is -0.385 e. The SMILES string of the molecule is COCCCN(C)c1ccc(S(=O)(=O)NCCCN(C)C)cc1[N+](=O)[O-]. The van der Waals surface area contributed by atoms with E-state index in [2.05, 4.69) is 4.72 Å². The summed E-state index contributed by atoms with van der Waals surface area (Å²) in [5.74, 6) is 0. The number of rotatable bonds is 12. The van der Waals surface area contributed by atoms with Crippen molar-refractivity contribution in [1.29, 1.82) is 0 Å². The van der Waals surface area contributed by atoms with Crippen molar-refractivity contribution in [2.45, 2.75) is 17.7 Å². The number of hydrogen-bond acceptors (Lipinski definition) is 7. The maximum atomic E-state index is 12.4. The van der Waals surface area contributed by atoms with E-state index in [-0.39, 0.29) is 17.1 Å². The van der Waals surface area contributed by atoms with Crippen molar-refractivity contribution < 1.29 is 18.1 Å². The van der Waals surface area contributed by atoms with E-state index in [0.717, 1.165) is 12.6 Å². The minimum atomic E-state index is -3.79. The monoisotopic (exact) mass is 388 g/mol. The molecule has 0 saturated carbocycles. The van der Waals surface area contributed by atoms with Gasteiger partial charge in [-0.1, -0.05) is 0 Å². The molecule has 0 bridgehead atoms. The van der Waals surface area contributed by atoms with Crippen LogP contribution in [0.5, 0.6) is 0 Å². The molecule has 1 aromatic rings. The molecule has 0 aliphatic heterocycles. The van der Waals surface area contributed by atoms with E-state index in [9.17, 15) is 18.5 Å². The van der Waals surface area contributed by atoms with Gasteiger partial charge in [-0.2, -0.15) is 0 Å². The Morgan fingerprint density at radius 1 is 1.19 bits per heavy atom. The van der Waals surface area contributed by atoms with Crippen molar-refractivity contribution in [3.63, 3.8) is 0 Å². The number of methoxy groups -OCH3 is 1. The normalized spacial score (nSPS) is 11.7. The fourth-order valence-corrected chi connectivity index (χ4v) is 3.48. The number of benzene rings is 1. The third kappa shape index (κ3) is 6.87. The summed E-state index contributed by atoms with van der Waals surface area (Å²) in [5, 5.41) is 11.4. The lowest BCUT2D eigenvalue weighted by atomic mass is 10.2. The van der Waals surface area contributed by atoms with Crippen LogP contribution in [0.2, 0.25) is 0 Å². The Labute approximate surface area is 155 Å². The molecule has 0 unspecified atom stereocenters. The average Bonchev–Trinajstić information content (AvgIpc) is 2.58. The molecule has 0 aliphatic carbocycles. The number of anilines is 1. The number of nitrogens with one attached hydrogen (secondary N) is 1. The summed E-state index contributed by atoms with van der Waals surface area (Å²) < 4.78 is 32.2. The summed E-state index contributed by atoms with van der Waals surface area (Å²) in [7, 11) is 3.33. The molecule has 0 atom stereocenters. The molecule has 0 saturated heterocycles. The predicted molar refractivity (Wildman–Crippen MR) is 101 cm³/mol. The van der Waals surface area contributed by atoms with Gasteiger partial charge in [-0.25, -0.2) is 13.1 Å². The number of ether oxygens (including phenoxy) is 1. The highest BCUT2D eigenvalue weighted by atomic mass is 32.2. The summed E-state index contributed by atoms with van der Waals surface area (Å²) in [4.78, 5) is 14.4. The summed E-state index contributed by atoms with van der Waals surface area (Å²) in [6.45, 7) is 2.12. The van der Waals surface area contributed by atoms with E-state index < -0.39 is 14.9 Å². The maximum absolute atomic E-state index is 12.4. The molecular formula is C16H28N4O5S. The van der Waals surface area contributed by atoms with Crippen LogP contribution in [-0.2, 0) is 14.8 Å². The molecule has 0 fully saturated rings. The van der Waals surface area contributed by atoms with Crippen LogP contribution in [0.15, 0.2) is 23.1 Å². The van der Waals surface area contributed by atoms with Crippen molar-refractivity contribution in [2.75, 3.05) is 59.4 Å². The number of sulfonamides is 1. The zero-order valence-corrected chi connectivity index (χ0v) is 16.6. The fourth-order valence-electron chi connectivity index (χ4n) is 2.39. The summed E-state index contributed by atoms with van der Waals surface area (Å²) in [6, 6.07) is 3.97. The number of nitrogens with zero attached hydrogens (tertiary/aromatic N) is 3. The maximum Gasteiger partial charge on any atom is 0.293 e. The Bertz CT molecular complexity index is 694. The number of hydrogen-bond donors (Lipinski definition) is 1. The van der Waals surface area contributed by atoms with E-state index in [1.54, 1.807) is 19.1 Å². The predicted octanol–water partition coefficient (Wildman–Crippen LogP) is 1.30. The van der Waals surface area contributed by atoms with Crippen molar-refractivity contribution in [3.05, 3.63) is 28.3 Å². The van der Waals surface area contributed by atoms with Gasteiger partial charge in [0.2, 0.25) is 10.0 Å². The van der Waals surface area contributed by atoms with Gasteiger partial charge < -0.3 is 14.5 Å². The van der Waals surface area contributed by atoms with Crippen molar-refractivity contribution in [2.24, 2.45) is 0 Å². The van der Waals surface area contributed by atoms with Gasteiger partial charge in [-0.05, 0) is 45.6 Å². The van der Waals surface area contributed by atoms with E-state index in [4.69, 9.17) is 4.74 Å². The summed E-state index contributed by atoms with van der Waals surface area (Å²) >= 11 is 0. The van der Waals surface area contributed by atoms with Gasteiger partial charge in [-0.15, -0.1) is 0 Å². The molecule has 0 heterocycles. The van der Waals surface area contributed by atoms with Crippen LogP contribution in [0.1, 0.15) is 12.8 Å². The molecule has 0 spiro atoms. The van der Waals surface area contributed by atoms with Crippen LogP contribution in [0, 0.1) is 10.1 Å². The van der Waals surface area contributed by atoms with Gasteiger partial charge in [0, 0.05) is 39.9 Å². The third-order valence-corrected chi connectivity index (χ3v) is 5.24. The first kappa shape index (κ1) is 22.3. The van der Waals surface area contributed by atoms with Gasteiger partial charge in [0.15, 0.2) is 0 Å². The van der Waals surface area contributed by atoms with Gasteiger partial charge in [0.05, 0.1) is 9.82 Å². The van der Waals surface area contributed by atoms with Gasteiger partial charge >= 0.3 is 0 Å². The van der Waals surface area contributed by atoms with Gasteiger partial charge in [0.1, 0.15) is 5.69 Å². The average molecular weight is 388 g/mol.